The zero-order valence-corrected chi connectivity index (χ0v) is 6.89. The van der Waals surface area contributed by atoms with Crippen molar-refractivity contribution in [3.8, 4) is 0 Å². The molecule has 0 aromatic heterocycles. The third-order valence-electron chi connectivity index (χ3n) is 1.32. The quantitative estimate of drug-likeness (QED) is 0.576. The van der Waals surface area contributed by atoms with Crippen molar-refractivity contribution in [3.05, 3.63) is 42.0 Å². The van der Waals surface area contributed by atoms with E-state index in [1.807, 2.05) is 31.2 Å². The van der Waals surface area contributed by atoms with Crippen molar-refractivity contribution in [2.75, 3.05) is 0 Å². The monoisotopic (exact) mass is 176 g/mol. The SMILES string of the molecule is C=Cc1ccc[c-]c1C.[Co]. The summed E-state index contributed by atoms with van der Waals surface area (Å²) >= 11 is 0. The van der Waals surface area contributed by atoms with Gasteiger partial charge in [-0.15, -0.1) is 18.2 Å². The molecule has 0 bridgehead atoms. The Balaban J connectivity index is 0.000000810. The molecule has 1 rings (SSSR count). The van der Waals surface area contributed by atoms with E-state index in [1.165, 1.54) is 0 Å². The molecule has 0 saturated carbocycles. The molecule has 1 aromatic carbocycles. The first-order valence-electron chi connectivity index (χ1n) is 2.94. The maximum absolute atomic E-state index is 3.67. The largest absolute Gasteiger partial charge is 0.180 e. The fourth-order valence-electron chi connectivity index (χ4n) is 0.754. The summed E-state index contributed by atoms with van der Waals surface area (Å²) in [4.78, 5) is 0. The second-order valence-corrected chi connectivity index (χ2v) is 1.95. The molecular weight excluding hydrogens is 167 g/mol. The van der Waals surface area contributed by atoms with Crippen LogP contribution in [0.3, 0.4) is 0 Å². The molecule has 1 heteroatoms. The van der Waals surface area contributed by atoms with Crippen LogP contribution < -0.4 is 0 Å². The van der Waals surface area contributed by atoms with Crippen LogP contribution in [0, 0.1) is 13.0 Å². The summed E-state index contributed by atoms with van der Waals surface area (Å²) < 4.78 is 0. The molecule has 0 fully saturated rings. The minimum Gasteiger partial charge on any atom is -0.180 e. The summed E-state index contributed by atoms with van der Waals surface area (Å²) in [7, 11) is 0. The Kier molecular flexibility index (Phi) is 4.08. The Morgan fingerprint density at radius 2 is 2.30 bits per heavy atom. The third-order valence-corrected chi connectivity index (χ3v) is 1.32. The number of aryl methyl sites for hydroxylation is 1. The number of rotatable bonds is 1. The van der Waals surface area contributed by atoms with Gasteiger partial charge in [0, 0.05) is 16.8 Å². The van der Waals surface area contributed by atoms with E-state index in [4.69, 9.17) is 0 Å². The van der Waals surface area contributed by atoms with E-state index in [0.717, 1.165) is 11.1 Å². The predicted octanol–water partition coefficient (Wildman–Crippen LogP) is 2.44. The van der Waals surface area contributed by atoms with E-state index < -0.39 is 0 Å². The Bertz CT molecular complexity index is 216. The van der Waals surface area contributed by atoms with Crippen LogP contribution in [-0.2, 0) is 16.8 Å². The van der Waals surface area contributed by atoms with Crippen molar-refractivity contribution >= 4 is 6.08 Å². The molecule has 0 saturated heterocycles. The second-order valence-electron chi connectivity index (χ2n) is 1.95. The second kappa shape index (κ2) is 4.31. The van der Waals surface area contributed by atoms with Gasteiger partial charge in [0.15, 0.2) is 0 Å². The summed E-state index contributed by atoms with van der Waals surface area (Å²) in [6.07, 6.45) is 1.84. The van der Waals surface area contributed by atoms with Crippen LogP contribution in [0.15, 0.2) is 24.8 Å². The van der Waals surface area contributed by atoms with Crippen LogP contribution in [0.4, 0.5) is 0 Å². The summed E-state index contributed by atoms with van der Waals surface area (Å²) in [5.41, 5.74) is 2.32. The molecule has 0 nitrogen and oxygen atoms in total. The van der Waals surface area contributed by atoms with Gasteiger partial charge in [0.05, 0.1) is 0 Å². The zero-order chi connectivity index (χ0) is 6.69. The minimum absolute atomic E-state index is 0. The van der Waals surface area contributed by atoms with E-state index in [1.54, 1.807) is 0 Å². The van der Waals surface area contributed by atoms with Crippen molar-refractivity contribution in [2.45, 2.75) is 6.92 Å². The van der Waals surface area contributed by atoms with Crippen LogP contribution in [0.25, 0.3) is 6.08 Å². The molecule has 0 aliphatic heterocycles. The molecule has 55 valence electrons. The van der Waals surface area contributed by atoms with Crippen LogP contribution in [0.1, 0.15) is 11.1 Å². The van der Waals surface area contributed by atoms with Gasteiger partial charge in [-0.1, -0.05) is 6.92 Å². The van der Waals surface area contributed by atoms with Gasteiger partial charge in [0.1, 0.15) is 0 Å². The molecule has 0 heterocycles. The Labute approximate surface area is 72.2 Å². The van der Waals surface area contributed by atoms with Crippen molar-refractivity contribution in [1.82, 2.24) is 0 Å². The van der Waals surface area contributed by atoms with Crippen molar-refractivity contribution in [1.29, 1.82) is 0 Å². The van der Waals surface area contributed by atoms with Gasteiger partial charge in [-0.3, -0.25) is 0 Å². The average Bonchev–Trinajstić information content (AvgIpc) is 1.89. The molecule has 1 radical (unpaired) electrons. The molecule has 0 spiro atoms. The maximum Gasteiger partial charge on any atom is 0 e. The van der Waals surface area contributed by atoms with E-state index >= 15 is 0 Å². The molecule has 0 amide bonds. The van der Waals surface area contributed by atoms with E-state index in [2.05, 4.69) is 12.6 Å². The number of hydrogen-bond donors (Lipinski definition) is 0. The first kappa shape index (κ1) is 9.47. The number of benzene rings is 1. The molecule has 1 aromatic rings. The van der Waals surface area contributed by atoms with E-state index in [0.29, 0.717) is 0 Å². The van der Waals surface area contributed by atoms with Crippen molar-refractivity contribution in [3.63, 3.8) is 0 Å². The van der Waals surface area contributed by atoms with Gasteiger partial charge < -0.3 is 0 Å². The summed E-state index contributed by atoms with van der Waals surface area (Å²) in [6.45, 7) is 5.70. The van der Waals surface area contributed by atoms with E-state index in [-0.39, 0.29) is 16.8 Å². The van der Waals surface area contributed by atoms with E-state index in [9.17, 15) is 0 Å². The topological polar surface area (TPSA) is 0 Å². The van der Waals surface area contributed by atoms with Crippen LogP contribution >= 0.6 is 0 Å². The van der Waals surface area contributed by atoms with Crippen molar-refractivity contribution in [2.24, 2.45) is 0 Å². The smallest absolute Gasteiger partial charge is 0 e. The fourth-order valence-corrected chi connectivity index (χ4v) is 0.754. The van der Waals surface area contributed by atoms with Crippen LogP contribution in [0.5, 0.6) is 0 Å². The molecule has 0 N–H and O–H groups in total. The summed E-state index contributed by atoms with van der Waals surface area (Å²) in [6, 6.07) is 8.97. The van der Waals surface area contributed by atoms with Gasteiger partial charge in [0.25, 0.3) is 0 Å². The van der Waals surface area contributed by atoms with Gasteiger partial charge in [-0.2, -0.15) is 29.8 Å². The average molecular weight is 176 g/mol. The Morgan fingerprint density at radius 1 is 1.60 bits per heavy atom. The normalized spacial score (nSPS) is 8.10. The fraction of sp³-hybridized carbons (Fsp3) is 0.111. The molecule has 10 heavy (non-hydrogen) atoms. The first-order valence-corrected chi connectivity index (χ1v) is 2.94. The molecule has 0 atom stereocenters. The van der Waals surface area contributed by atoms with Gasteiger partial charge >= 0.3 is 0 Å². The van der Waals surface area contributed by atoms with Crippen molar-refractivity contribution < 1.29 is 16.8 Å². The van der Waals surface area contributed by atoms with Gasteiger partial charge in [0.2, 0.25) is 0 Å². The Hall–Kier alpha value is -0.534. The van der Waals surface area contributed by atoms with Gasteiger partial charge in [-0.05, 0) is 0 Å². The van der Waals surface area contributed by atoms with Crippen LogP contribution in [0.2, 0.25) is 0 Å². The molecule has 0 aliphatic rings. The molecular formula is C9H9Co-. The first-order chi connectivity index (χ1) is 4.34. The standard InChI is InChI=1S/C9H9.Co/c1-3-9-7-5-4-6-8(9)2;/h3-5,7H,1H2,2H3;/q-1;. The minimum atomic E-state index is 0. The zero-order valence-electron chi connectivity index (χ0n) is 5.85. The third kappa shape index (κ3) is 2.01. The molecule has 0 aliphatic carbocycles. The van der Waals surface area contributed by atoms with Gasteiger partial charge in [-0.25, -0.2) is 0 Å². The summed E-state index contributed by atoms with van der Waals surface area (Å²) in [5, 5.41) is 0. The van der Waals surface area contributed by atoms with Crippen LogP contribution in [-0.4, -0.2) is 0 Å². The number of hydrogen-bond acceptors (Lipinski definition) is 0. The maximum atomic E-state index is 3.67. The molecule has 0 unspecified atom stereocenters. The summed E-state index contributed by atoms with van der Waals surface area (Å²) in [5.74, 6) is 0. The predicted molar refractivity (Wildman–Crippen MR) is 40.1 cm³/mol. The Morgan fingerprint density at radius 3 is 2.70 bits per heavy atom.